The molecule has 0 rings (SSSR count). The average molecular weight is 129 g/mol. The molecule has 0 saturated carbocycles. The molecule has 0 spiro atoms. The Balaban J connectivity index is 3.72. The zero-order valence-electron chi connectivity index (χ0n) is 5.26. The van der Waals surface area contributed by atoms with Gasteiger partial charge in [-0.1, -0.05) is 13.0 Å². The van der Waals surface area contributed by atoms with Crippen molar-refractivity contribution in [3.05, 3.63) is 11.6 Å². The van der Waals surface area contributed by atoms with Gasteiger partial charge in [0.1, 0.15) is 0 Å². The van der Waals surface area contributed by atoms with Gasteiger partial charge in [0, 0.05) is 6.21 Å². The topological polar surface area (TPSA) is 12.4 Å². The number of hydrogen-bond donors (Lipinski definition) is 1. The van der Waals surface area contributed by atoms with Crippen LogP contribution >= 0.6 is 12.8 Å². The van der Waals surface area contributed by atoms with Crippen LogP contribution in [0.3, 0.4) is 0 Å². The van der Waals surface area contributed by atoms with Crippen molar-refractivity contribution in [2.75, 3.05) is 0 Å². The first-order valence-electron chi connectivity index (χ1n) is 2.67. The van der Waals surface area contributed by atoms with Crippen molar-refractivity contribution in [1.29, 1.82) is 0 Å². The highest BCUT2D eigenvalue weighted by molar-refractivity contribution is 7.78. The van der Waals surface area contributed by atoms with Gasteiger partial charge in [0.2, 0.25) is 0 Å². The lowest BCUT2D eigenvalue weighted by molar-refractivity contribution is 1.17. The van der Waals surface area contributed by atoms with E-state index >= 15 is 0 Å². The summed E-state index contributed by atoms with van der Waals surface area (Å²) in [7, 11) is 0. The predicted octanol–water partition coefficient (Wildman–Crippen LogP) is 2.26. The fraction of sp³-hybridized carbons (Fsp3) is 0.500. The lowest BCUT2D eigenvalue weighted by Gasteiger charge is -1.88. The molecule has 0 aromatic carbocycles. The molecule has 1 nitrogen and oxygen atoms in total. The van der Waals surface area contributed by atoms with Gasteiger partial charge in [-0.3, -0.25) is 0 Å². The van der Waals surface area contributed by atoms with Crippen LogP contribution in [-0.2, 0) is 0 Å². The van der Waals surface area contributed by atoms with E-state index < -0.39 is 0 Å². The second-order valence-electron chi connectivity index (χ2n) is 1.46. The standard InChI is InChI=1S/C6H11NS/c1-3-6(4-2)5-7-8/h3,5,8H,4H2,1-2H3/b6-3-,7-5-. The predicted molar refractivity (Wildman–Crippen MR) is 41.5 cm³/mol. The van der Waals surface area contributed by atoms with E-state index in [4.69, 9.17) is 0 Å². The fourth-order valence-corrected chi connectivity index (χ4v) is 0.592. The maximum Gasteiger partial charge on any atom is 0.0377 e. The van der Waals surface area contributed by atoms with Gasteiger partial charge in [0.05, 0.1) is 0 Å². The number of rotatable bonds is 2. The van der Waals surface area contributed by atoms with Crippen LogP contribution in [0.4, 0.5) is 0 Å². The molecule has 0 aliphatic heterocycles. The molecule has 0 unspecified atom stereocenters. The number of thiol groups is 1. The van der Waals surface area contributed by atoms with E-state index in [2.05, 4.69) is 24.1 Å². The molecule has 0 N–H and O–H groups in total. The van der Waals surface area contributed by atoms with E-state index in [9.17, 15) is 0 Å². The van der Waals surface area contributed by atoms with Crippen molar-refractivity contribution in [3.8, 4) is 0 Å². The third-order valence-electron chi connectivity index (χ3n) is 1.00. The van der Waals surface area contributed by atoms with Crippen molar-refractivity contribution in [2.24, 2.45) is 4.40 Å². The van der Waals surface area contributed by atoms with Gasteiger partial charge in [-0.05, 0) is 31.7 Å². The fourth-order valence-electron chi connectivity index (χ4n) is 0.444. The molecule has 8 heavy (non-hydrogen) atoms. The molecule has 0 radical (unpaired) electrons. The summed E-state index contributed by atoms with van der Waals surface area (Å²) in [5, 5.41) is 0. The Hall–Kier alpha value is -0.240. The third kappa shape index (κ3) is 2.86. The van der Waals surface area contributed by atoms with E-state index in [1.165, 1.54) is 5.57 Å². The Morgan fingerprint density at radius 2 is 2.38 bits per heavy atom. The summed E-state index contributed by atoms with van der Waals surface area (Å²) in [5.74, 6) is 0. The average Bonchev–Trinajstić information content (AvgIpc) is 1.83. The maximum atomic E-state index is 3.70. The Morgan fingerprint density at radius 1 is 1.75 bits per heavy atom. The lowest BCUT2D eigenvalue weighted by Crippen LogP contribution is -1.77. The summed E-state index contributed by atoms with van der Waals surface area (Å²) in [5.41, 5.74) is 1.22. The lowest BCUT2D eigenvalue weighted by atomic mass is 10.2. The molecule has 0 aliphatic rings. The quantitative estimate of drug-likeness (QED) is 0.434. The normalized spacial score (nSPS) is 13.1. The molecule has 0 aromatic rings. The first-order valence-corrected chi connectivity index (χ1v) is 3.07. The van der Waals surface area contributed by atoms with Crippen LogP contribution in [0.1, 0.15) is 20.3 Å². The van der Waals surface area contributed by atoms with E-state index in [0.717, 1.165) is 6.42 Å². The summed E-state index contributed by atoms with van der Waals surface area (Å²) in [6, 6.07) is 0. The first kappa shape index (κ1) is 7.76. The highest BCUT2D eigenvalue weighted by Crippen LogP contribution is 1.95. The van der Waals surface area contributed by atoms with Crippen LogP contribution in [0.5, 0.6) is 0 Å². The molecule has 0 amide bonds. The smallest absolute Gasteiger partial charge is 0.0377 e. The van der Waals surface area contributed by atoms with Crippen LogP contribution in [0.15, 0.2) is 16.0 Å². The van der Waals surface area contributed by atoms with Crippen LogP contribution in [-0.4, -0.2) is 6.21 Å². The Labute approximate surface area is 56.1 Å². The van der Waals surface area contributed by atoms with Crippen molar-refractivity contribution in [1.82, 2.24) is 0 Å². The third-order valence-corrected chi connectivity index (χ3v) is 1.12. The summed E-state index contributed by atoms with van der Waals surface area (Å²) in [6.45, 7) is 4.08. The van der Waals surface area contributed by atoms with E-state index in [1.807, 2.05) is 13.0 Å². The summed E-state index contributed by atoms with van der Waals surface area (Å²) >= 11 is 3.70. The van der Waals surface area contributed by atoms with Gasteiger partial charge in [-0.25, -0.2) is 4.40 Å². The molecule has 0 aliphatic carbocycles. The van der Waals surface area contributed by atoms with E-state index in [0.29, 0.717) is 0 Å². The monoisotopic (exact) mass is 129 g/mol. The van der Waals surface area contributed by atoms with E-state index in [1.54, 1.807) is 6.21 Å². The number of hydrogen-bond acceptors (Lipinski definition) is 2. The van der Waals surface area contributed by atoms with Crippen LogP contribution in [0, 0.1) is 0 Å². The molecule has 0 aromatic heterocycles. The first-order chi connectivity index (χ1) is 3.85. The molecular formula is C6H11NS. The molecule has 46 valence electrons. The van der Waals surface area contributed by atoms with Crippen LogP contribution in [0.2, 0.25) is 0 Å². The molecule has 0 heterocycles. The molecular weight excluding hydrogens is 118 g/mol. The molecule has 0 fully saturated rings. The van der Waals surface area contributed by atoms with Gasteiger partial charge in [-0.15, -0.1) is 0 Å². The summed E-state index contributed by atoms with van der Waals surface area (Å²) in [4.78, 5) is 0. The molecule has 2 heteroatoms. The molecule has 0 bridgehead atoms. The van der Waals surface area contributed by atoms with Crippen molar-refractivity contribution in [2.45, 2.75) is 20.3 Å². The Kier molecular flexibility index (Phi) is 4.76. The highest BCUT2D eigenvalue weighted by Gasteiger charge is 1.81. The summed E-state index contributed by atoms with van der Waals surface area (Å²) in [6.07, 6.45) is 4.81. The van der Waals surface area contributed by atoms with Gasteiger partial charge < -0.3 is 0 Å². The minimum atomic E-state index is 1.03. The van der Waals surface area contributed by atoms with Crippen LogP contribution in [0.25, 0.3) is 0 Å². The SMILES string of the molecule is C/C=C(\C=N/S)CC. The van der Waals surface area contributed by atoms with Gasteiger partial charge in [-0.2, -0.15) is 0 Å². The van der Waals surface area contributed by atoms with Gasteiger partial charge in [0.15, 0.2) is 0 Å². The Bertz CT molecular complexity index is 102. The zero-order chi connectivity index (χ0) is 6.41. The number of nitrogens with zero attached hydrogens (tertiary/aromatic N) is 1. The van der Waals surface area contributed by atoms with E-state index in [-0.39, 0.29) is 0 Å². The van der Waals surface area contributed by atoms with Crippen molar-refractivity contribution >= 4 is 19.0 Å². The minimum absolute atomic E-state index is 1.03. The minimum Gasteiger partial charge on any atom is -0.228 e. The highest BCUT2D eigenvalue weighted by atomic mass is 32.1. The van der Waals surface area contributed by atoms with Crippen molar-refractivity contribution < 1.29 is 0 Å². The largest absolute Gasteiger partial charge is 0.228 e. The molecule has 0 saturated heterocycles. The summed E-state index contributed by atoms with van der Waals surface area (Å²) < 4.78 is 3.58. The second-order valence-corrected chi connectivity index (χ2v) is 1.69. The molecule has 0 atom stereocenters. The zero-order valence-corrected chi connectivity index (χ0v) is 6.15. The Morgan fingerprint density at radius 3 is 2.50 bits per heavy atom. The van der Waals surface area contributed by atoms with Crippen molar-refractivity contribution in [3.63, 3.8) is 0 Å². The van der Waals surface area contributed by atoms with Gasteiger partial charge in [0.25, 0.3) is 0 Å². The van der Waals surface area contributed by atoms with Crippen LogP contribution < -0.4 is 0 Å². The van der Waals surface area contributed by atoms with Gasteiger partial charge >= 0.3 is 0 Å². The number of allylic oxidation sites excluding steroid dienone is 2. The maximum absolute atomic E-state index is 3.70. The second kappa shape index (κ2) is 4.91.